The quantitative estimate of drug-likeness (QED) is 0.846. The number of thioether (sulfide) groups is 1. The second kappa shape index (κ2) is 6.57. The summed E-state index contributed by atoms with van der Waals surface area (Å²) in [4.78, 5) is 3.03. The molecule has 0 atom stereocenters. The summed E-state index contributed by atoms with van der Waals surface area (Å²) in [6, 6.07) is 10.00. The molecule has 2 aromatic rings. The molecule has 0 radical (unpaired) electrons. The fraction of sp³-hybridized carbons (Fsp3) is 0.235. The summed E-state index contributed by atoms with van der Waals surface area (Å²) >= 11 is 1.42. The second-order valence-electron chi connectivity index (χ2n) is 5.64. The highest BCUT2D eigenvalue weighted by Gasteiger charge is 2.21. The van der Waals surface area contributed by atoms with Crippen LogP contribution in [0.15, 0.2) is 51.3 Å². The molecule has 1 aliphatic rings. The van der Waals surface area contributed by atoms with E-state index >= 15 is 0 Å². The zero-order chi connectivity index (χ0) is 17.3. The van der Waals surface area contributed by atoms with Crippen molar-refractivity contribution in [3.63, 3.8) is 0 Å². The van der Waals surface area contributed by atoms with Crippen LogP contribution in [-0.4, -0.2) is 19.9 Å². The monoisotopic (exact) mass is 364 g/mol. The Morgan fingerprint density at radius 3 is 2.79 bits per heavy atom. The molecule has 0 aromatic heterocycles. The predicted octanol–water partition coefficient (Wildman–Crippen LogP) is 3.62. The van der Waals surface area contributed by atoms with Crippen molar-refractivity contribution in [1.29, 1.82) is 0 Å². The van der Waals surface area contributed by atoms with Gasteiger partial charge in [0.25, 0.3) is 10.0 Å². The number of nitrogens with one attached hydrogen (secondary N) is 1. The van der Waals surface area contributed by atoms with Gasteiger partial charge in [-0.15, -0.1) is 11.8 Å². The summed E-state index contributed by atoms with van der Waals surface area (Å²) < 4.78 is 38.9. The van der Waals surface area contributed by atoms with Crippen LogP contribution in [-0.2, 0) is 10.0 Å². The Hall–Kier alpha value is -1.86. The van der Waals surface area contributed by atoms with Gasteiger partial charge in [-0.1, -0.05) is 24.3 Å². The number of benzene rings is 2. The molecule has 0 saturated heterocycles. The first-order valence-corrected chi connectivity index (χ1v) is 9.92. The molecule has 0 unspecified atom stereocenters. The van der Waals surface area contributed by atoms with E-state index in [4.69, 9.17) is 0 Å². The lowest BCUT2D eigenvalue weighted by atomic mass is 10.1. The Balaban J connectivity index is 1.94. The van der Waals surface area contributed by atoms with Crippen molar-refractivity contribution < 1.29 is 12.8 Å². The number of sulfonamides is 1. The standard InChI is InChI=1S/C17H17FN2O2S2/c1-11-6-7-12(2)16(10-11)24(21,22)20-19-15-8-9-23-17-13(15)4-3-5-14(17)18/h3-7,10,20H,8-9H2,1-2H3/b19-15+. The lowest BCUT2D eigenvalue weighted by Crippen LogP contribution is -2.23. The Morgan fingerprint density at radius 1 is 1.21 bits per heavy atom. The molecular weight excluding hydrogens is 347 g/mol. The minimum Gasteiger partial charge on any atom is -0.206 e. The SMILES string of the molecule is Cc1ccc(C)c(S(=O)(=O)N/N=C2\CCSc3c(F)cccc32)c1. The summed E-state index contributed by atoms with van der Waals surface area (Å²) in [7, 11) is -3.76. The van der Waals surface area contributed by atoms with Crippen molar-refractivity contribution in [3.05, 3.63) is 58.9 Å². The smallest absolute Gasteiger partial charge is 0.206 e. The van der Waals surface area contributed by atoms with E-state index in [2.05, 4.69) is 9.93 Å². The molecule has 0 bridgehead atoms. The van der Waals surface area contributed by atoms with Crippen LogP contribution < -0.4 is 4.83 Å². The van der Waals surface area contributed by atoms with Crippen LogP contribution in [0.3, 0.4) is 0 Å². The number of rotatable bonds is 3. The van der Waals surface area contributed by atoms with Crippen LogP contribution in [0.1, 0.15) is 23.1 Å². The van der Waals surface area contributed by atoms with E-state index in [1.165, 1.54) is 17.8 Å². The summed E-state index contributed by atoms with van der Waals surface area (Å²) in [6.07, 6.45) is 0.580. The lowest BCUT2D eigenvalue weighted by molar-refractivity contribution is 0.583. The molecule has 0 aliphatic carbocycles. The van der Waals surface area contributed by atoms with Crippen molar-refractivity contribution in [2.75, 3.05) is 5.75 Å². The number of nitrogens with zero attached hydrogens (tertiary/aromatic N) is 1. The molecule has 7 heteroatoms. The van der Waals surface area contributed by atoms with Crippen molar-refractivity contribution in [1.82, 2.24) is 4.83 Å². The average Bonchev–Trinajstić information content (AvgIpc) is 2.55. The maximum Gasteiger partial charge on any atom is 0.276 e. The van der Waals surface area contributed by atoms with Crippen molar-refractivity contribution >= 4 is 27.5 Å². The van der Waals surface area contributed by atoms with Crippen molar-refractivity contribution in [3.8, 4) is 0 Å². The number of hydrazone groups is 1. The van der Waals surface area contributed by atoms with Gasteiger partial charge in [0.05, 0.1) is 15.5 Å². The second-order valence-corrected chi connectivity index (χ2v) is 8.37. The predicted molar refractivity (Wildman–Crippen MR) is 94.5 cm³/mol. The van der Waals surface area contributed by atoms with E-state index in [1.807, 2.05) is 13.0 Å². The Labute approximate surface area is 145 Å². The molecule has 126 valence electrons. The van der Waals surface area contributed by atoms with Gasteiger partial charge in [0, 0.05) is 17.7 Å². The van der Waals surface area contributed by atoms with Gasteiger partial charge < -0.3 is 0 Å². The molecular formula is C17H17FN2O2S2. The number of halogens is 1. The molecule has 3 rings (SSSR count). The highest BCUT2D eigenvalue weighted by molar-refractivity contribution is 7.99. The van der Waals surface area contributed by atoms with Crippen LogP contribution in [0, 0.1) is 19.7 Å². The Bertz CT molecular complexity index is 924. The molecule has 1 N–H and O–H groups in total. The van der Waals surface area contributed by atoms with Crippen LogP contribution in [0.5, 0.6) is 0 Å². The molecule has 2 aromatic carbocycles. The van der Waals surface area contributed by atoms with E-state index in [9.17, 15) is 12.8 Å². The third-order valence-electron chi connectivity index (χ3n) is 3.80. The van der Waals surface area contributed by atoms with Gasteiger partial charge in [0.1, 0.15) is 5.82 Å². The molecule has 1 heterocycles. The van der Waals surface area contributed by atoms with Gasteiger partial charge in [-0.05, 0) is 37.1 Å². The minimum atomic E-state index is -3.76. The van der Waals surface area contributed by atoms with Gasteiger partial charge in [0.15, 0.2) is 0 Å². The molecule has 0 fully saturated rings. The summed E-state index contributed by atoms with van der Waals surface area (Å²) in [5, 5.41) is 4.08. The normalized spacial score (nSPS) is 16.0. The van der Waals surface area contributed by atoms with Crippen LogP contribution >= 0.6 is 11.8 Å². The van der Waals surface area contributed by atoms with Gasteiger partial charge in [-0.25, -0.2) is 4.39 Å². The average molecular weight is 364 g/mol. The van der Waals surface area contributed by atoms with Crippen LogP contribution in [0.25, 0.3) is 0 Å². The van der Waals surface area contributed by atoms with Gasteiger partial charge in [0.2, 0.25) is 0 Å². The Morgan fingerprint density at radius 2 is 2.00 bits per heavy atom. The van der Waals surface area contributed by atoms with Gasteiger partial charge >= 0.3 is 0 Å². The lowest BCUT2D eigenvalue weighted by Gasteiger charge is -2.18. The highest BCUT2D eigenvalue weighted by Crippen LogP contribution is 2.32. The topological polar surface area (TPSA) is 58.5 Å². The molecule has 1 aliphatic heterocycles. The van der Waals surface area contributed by atoms with E-state index in [1.54, 1.807) is 31.2 Å². The maximum atomic E-state index is 13.9. The zero-order valence-electron chi connectivity index (χ0n) is 13.3. The molecule has 0 amide bonds. The highest BCUT2D eigenvalue weighted by atomic mass is 32.2. The first kappa shape index (κ1) is 17.0. The number of aryl methyl sites for hydroxylation is 2. The fourth-order valence-electron chi connectivity index (χ4n) is 2.54. The first-order chi connectivity index (χ1) is 11.4. The minimum absolute atomic E-state index is 0.205. The van der Waals surface area contributed by atoms with E-state index in [-0.39, 0.29) is 10.7 Å². The number of hydrogen-bond donors (Lipinski definition) is 1. The van der Waals surface area contributed by atoms with Crippen molar-refractivity contribution in [2.45, 2.75) is 30.1 Å². The molecule has 24 heavy (non-hydrogen) atoms. The van der Waals surface area contributed by atoms with E-state index < -0.39 is 10.0 Å². The summed E-state index contributed by atoms with van der Waals surface area (Å²) in [6.45, 7) is 3.57. The number of fused-ring (bicyclic) bond motifs is 1. The fourth-order valence-corrected chi connectivity index (χ4v) is 4.75. The molecule has 0 spiro atoms. The van der Waals surface area contributed by atoms with Crippen LogP contribution in [0.4, 0.5) is 4.39 Å². The summed E-state index contributed by atoms with van der Waals surface area (Å²) in [5.74, 6) is 0.361. The molecule has 4 nitrogen and oxygen atoms in total. The van der Waals surface area contributed by atoms with Gasteiger partial charge in [-0.2, -0.15) is 18.4 Å². The van der Waals surface area contributed by atoms with Crippen LogP contribution in [0.2, 0.25) is 0 Å². The zero-order valence-corrected chi connectivity index (χ0v) is 15.0. The summed E-state index contributed by atoms with van der Waals surface area (Å²) in [5.41, 5.74) is 2.71. The van der Waals surface area contributed by atoms with E-state index in [0.717, 1.165) is 5.56 Å². The first-order valence-electron chi connectivity index (χ1n) is 7.46. The van der Waals surface area contributed by atoms with Gasteiger partial charge in [-0.3, -0.25) is 0 Å². The number of hydrogen-bond acceptors (Lipinski definition) is 4. The van der Waals surface area contributed by atoms with E-state index in [0.29, 0.717) is 33.9 Å². The molecule has 0 saturated carbocycles. The third-order valence-corrected chi connectivity index (χ3v) is 6.26. The Kier molecular flexibility index (Phi) is 4.64. The maximum absolute atomic E-state index is 13.9. The largest absolute Gasteiger partial charge is 0.276 e. The van der Waals surface area contributed by atoms with Crippen molar-refractivity contribution in [2.24, 2.45) is 5.10 Å². The third kappa shape index (κ3) is 3.32.